The van der Waals surface area contributed by atoms with Gasteiger partial charge in [0, 0.05) is 35.1 Å². The number of sulfonamides is 1. The molecule has 0 aliphatic carbocycles. The van der Waals surface area contributed by atoms with Gasteiger partial charge in [0.1, 0.15) is 0 Å². The average Bonchev–Trinajstić information content (AvgIpc) is 2.89. The van der Waals surface area contributed by atoms with Crippen LogP contribution in [0.1, 0.15) is 61.0 Å². The van der Waals surface area contributed by atoms with Gasteiger partial charge in [-0.1, -0.05) is 29.3 Å². The molecule has 0 spiro atoms. The minimum atomic E-state index is -4.01. The molecule has 2 atom stereocenters. The lowest BCUT2D eigenvalue weighted by molar-refractivity contribution is -0.116. The molecule has 41 heavy (non-hydrogen) atoms. The smallest absolute Gasteiger partial charge is 0.264 e. The molecule has 1 N–H and O–H groups in total. The van der Waals surface area contributed by atoms with Crippen LogP contribution >= 0.6 is 23.2 Å². The van der Waals surface area contributed by atoms with E-state index in [2.05, 4.69) is 5.32 Å². The highest BCUT2D eigenvalue weighted by Gasteiger charge is 2.31. The van der Waals surface area contributed by atoms with Crippen molar-refractivity contribution in [2.24, 2.45) is 0 Å². The Kier molecular flexibility index (Phi) is 9.67. The number of halogens is 2. The lowest BCUT2D eigenvalue weighted by Crippen LogP contribution is -2.47. The second kappa shape index (κ2) is 12.8. The monoisotopic (exact) mass is 615 g/mol. The first kappa shape index (κ1) is 30.9. The lowest BCUT2D eigenvalue weighted by atomic mass is 9.96. The third-order valence-corrected chi connectivity index (χ3v) is 9.68. The standard InChI is InChI=1S/C31H35Cl2N3O4S/c1-20-16-21(2)18-26(17-20)35(41(39,40)27-11-8-24(32)9-12-27)15-14-30(37)34-29-13-10-25(33)19-28(29)31(38)36-22(3)6-5-7-23(36)4/h8-13,16-19,22-23H,5-7,14-15H2,1-4H3,(H,34,37). The zero-order valence-corrected chi connectivity index (χ0v) is 26.0. The molecule has 4 rings (SSSR count). The second-order valence-electron chi connectivity index (χ2n) is 10.7. The molecule has 0 saturated carbocycles. The number of carbonyl (C=O) groups is 2. The summed E-state index contributed by atoms with van der Waals surface area (Å²) in [4.78, 5) is 28.8. The number of hydrogen-bond acceptors (Lipinski definition) is 4. The van der Waals surface area contributed by atoms with E-state index in [0.717, 1.165) is 30.4 Å². The summed E-state index contributed by atoms with van der Waals surface area (Å²) in [6.45, 7) is 7.72. The summed E-state index contributed by atoms with van der Waals surface area (Å²) >= 11 is 12.3. The van der Waals surface area contributed by atoms with E-state index in [1.807, 2.05) is 38.7 Å². The summed E-state index contributed by atoms with van der Waals surface area (Å²) in [6, 6.07) is 16.4. The highest BCUT2D eigenvalue weighted by atomic mass is 35.5. The molecule has 2 unspecified atom stereocenters. The first-order chi connectivity index (χ1) is 19.4. The van der Waals surface area contributed by atoms with Crippen LogP contribution in [-0.4, -0.2) is 43.8 Å². The molecule has 1 heterocycles. The zero-order valence-electron chi connectivity index (χ0n) is 23.7. The molecule has 0 radical (unpaired) electrons. The van der Waals surface area contributed by atoms with Gasteiger partial charge >= 0.3 is 0 Å². The van der Waals surface area contributed by atoms with Crippen molar-refractivity contribution in [3.63, 3.8) is 0 Å². The van der Waals surface area contributed by atoms with Crippen molar-refractivity contribution in [1.82, 2.24) is 4.90 Å². The highest BCUT2D eigenvalue weighted by molar-refractivity contribution is 7.92. The quantitative estimate of drug-likeness (QED) is 0.289. The largest absolute Gasteiger partial charge is 0.333 e. The minimum absolute atomic E-state index is 0.0665. The molecule has 1 fully saturated rings. The Hall–Kier alpha value is -3.07. The second-order valence-corrected chi connectivity index (χ2v) is 13.4. The first-order valence-corrected chi connectivity index (χ1v) is 15.8. The molecule has 1 aliphatic rings. The third kappa shape index (κ3) is 7.23. The van der Waals surface area contributed by atoms with Crippen LogP contribution < -0.4 is 9.62 Å². The van der Waals surface area contributed by atoms with Gasteiger partial charge in [-0.15, -0.1) is 0 Å². The van der Waals surface area contributed by atoms with Gasteiger partial charge in [-0.2, -0.15) is 0 Å². The topological polar surface area (TPSA) is 86.8 Å². The Morgan fingerprint density at radius 1 is 0.902 bits per heavy atom. The maximum Gasteiger partial charge on any atom is 0.264 e. The van der Waals surface area contributed by atoms with Crippen molar-refractivity contribution in [2.75, 3.05) is 16.2 Å². The number of amides is 2. The first-order valence-electron chi connectivity index (χ1n) is 13.7. The number of rotatable bonds is 8. The Balaban J connectivity index is 1.59. The van der Waals surface area contributed by atoms with E-state index in [1.54, 1.807) is 30.3 Å². The fraction of sp³-hybridized carbons (Fsp3) is 0.355. The number of piperidine rings is 1. The molecule has 1 saturated heterocycles. The van der Waals surface area contributed by atoms with E-state index in [1.165, 1.54) is 28.6 Å². The number of aryl methyl sites for hydroxylation is 2. The van der Waals surface area contributed by atoms with Crippen molar-refractivity contribution in [3.8, 4) is 0 Å². The summed E-state index contributed by atoms with van der Waals surface area (Å²) in [5.74, 6) is -0.619. The van der Waals surface area contributed by atoms with Gasteiger partial charge < -0.3 is 10.2 Å². The van der Waals surface area contributed by atoms with Gasteiger partial charge in [0.2, 0.25) is 5.91 Å². The molecule has 10 heteroatoms. The number of nitrogens with zero attached hydrogens (tertiary/aromatic N) is 2. The normalized spacial score (nSPS) is 17.3. The van der Waals surface area contributed by atoms with Crippen LogP contribution in [0.15, 0.2) is 65.6 Å². The third-order valence-electron chi connectivity index (χ3n) is 7.35. The van der Waals surface area contributed by atoms with E-state index < -0.39 is 15.9 Å². The van der Waals surface area contributed by atoms with Crippen LogP contribution in [0.5, 0.6) is 0 Å². The zero-order chi connectivity index (χ0) is 29.9. The molecule has 1 aliphatic heterocycles. The molecule has 0 aromatic heterocycles. The van der Waals surface area contributed by atoms with Gasteiger partial charge in [-0.3, -0.25) is 13.9 Å². The van der Waals surface area contributed by atoms with Crippen molar-refractivity contribution >= 4 is 56.4 Å². The molecule has 2 amide bonds. The van der Waals surface area contributed by atoms with Crippen LogP contribution in [0.2, 0.25) is 10.0 Å². The molecule has 3 aromatic rings. The minimum Gasteiger partial charge on any atom is -0.333 e. The maximum atomic E-state index is 13.7. The predicted octanol–water partition coefficient (Wildman–Crippen LogP) is 7.24. The predicted molar refractivity (Wildman–Crippen MR) is 166 cm³/mol. The summed E-state index contributed by atoms with van der Waals surface area (Å²) in [7, 11) is -4.01. The van der Waals surface area contributed by atoms with Crippen LogP contribution in [0.4, 0.5) is 11.4 Å². The van der Waals surface area contributed by atoms with Crippen molar-refractivity contribution in [1.29, 1.82) is 0 Å². The summed E-state index contributed by atoms with van der Waals surface area (Å²) in [5.41, 5.74) is 2.90. The SMILES string of the molecule is Cc1cc(C)cc(N(CCC(=O)Nc2ccc(Cl)cc2C(=O)N2C(C)CCCC2C)S(=O)(=O)c2ccc(Cl)cc2)c1. The number of anilines is 2. The fourth-order valence-electron chi connectivity index (χ4n) is 5.40. The molecule has 218 valence electrons. The fourth-order valence-corrected chi connectivity index (χ4v) is 7.14. The van der Waals surface area contributed by atoms with Gasteiger partial charge in [-0.05, 0) is 113 Å². The van der Waals surface area contributed by atoms with E-state index in [9.17, 15) is 18.0 Å². The molecule has 3 aromatic carbocycles. The molecular formula is C31H35Cl2N3O4S. The number of hydrogen-bond donors (Lipinski definition) is 1. The van der Waals surface area contributed by atoms with E-state index in [0.29, 0.717) is 27.0 Å². The lowest BCUT2D eigenvalue weighted by Gasteiger charge is -2.39. The van der Waals surface area contributed by atoms with Gasteiger partial charge in [0.05, 0.1) is 21.8 Å². The molecule has 0 bridgehead atoms. The average molecular weight is 617 g/mol. The number of nitrogens with one attached hydrogen (secondary N) is 1. The van der Waals surface area contributed by atoms with E-state index >= 15 is 0 Å². The maximum absolute atomic E-state index is 13.7. The Bertz CT molecular complexity index is 1510. The Morgan fingerprint density at radius 2 is 1.49 bits per heavy atom. The number of benzene rings is 3. The van der Waals surface area contributed by atoms with Gasteiger partial charge in [-0.25, -0.2) is 8.42 Å². The number of likely N-dealkylation sites (tertiary alicyclic amines) is 1. The van der Waals surface area contributed by atoms with E-state index in [4.69, 9.17) is 23.2 Å². The summed E-state index contributed by atoms with van der Waals surface area (Å²) in [6.07, 6.45) is 2.73. The van der Waals surface area contributed by atoms with Crippen LogP contribution in [0.3, 0.4) is 0 Å². The van der Waals surface area contributed by atoms with Crippen LogP contribution in [-0.2, 0) is 14.8 Å². The molecule has 7 nitrogen and oxygen atoms in total. The van der Waals surface area contributed by atoms with Crippen molar-refractivity contribution < 1.29 is 18.0 Å². The van der Waals surface area contributed by atoms with Crippen molar-refractivity contribution in [2.45, 2.75) is 70.4 Å². The van der Waals surface area contributed by atoms with Crippen LogP contribution in [0.25, 0.3) is 0 Å². The summed E-state index contributed by atoms with van der Waals surface area (Å²) in [5, 5.41) is 3.64. The van der Waals surface area contributed by atoms with Gasteiger partial charge in [0.25, 0.3) is 15.9 Å². The van der Waals surface area contributed by atoms with Crippen molar-refractivity contribution in [3.05, 3.63) is 87.4 Å². The number of carbonyl (C=O) groups excluding carboxylic acids is 2. The van der Waals surface area contributed by atoms with E-state index in [-0.39, 0.29) is 35.9 Å². The Morgan fingerprint density at radius 3 is 2.10 bits per heavy atom. The van der Waals surface area contributed by atoms with Gasteiger partial charge in [0.15, 0.2) is 0 Å². The highest BCUT2D eigenvalue weighted by Crippen LogP contribution is 2.30. The summed E-state index contributed by atoms with van der Waals surface area (Å²) < 4.78 is 28.7. The molecular weight excluding hydrogens is 581 g/mol. The van der Waals surface area contributed by atoms with Crippen LogP contribution in [0, 0.1) is 13.8 Å². The Labute approximate surface area is 252 Å².